The molecule has 1 aliphatic heterocycles. The minimum absolute atomic E-state index is 0.0957. The van der Waals surface area contributed by atoms with Gasteiger partial charge in [0.1, 0.15) is 6.04 Å². The third kappa shape index (κ3) is 6.31. The Labute approximate surface area is 177 Å². The van der Waals surface area contributed by atoms with Crippen LogP contribution in [0.25, 0.3) is 0 Å². The summed E-state index contributed by atoms with van der Waals surface area (Å²) in [6.45, 7) is 0.427. The zero-order valence-corrected chi connectivity index (χ0v) is 16.8. The molecular formula is C20H21N5O4S. The average Bonchev–Trinajstić information content (AvgIpc) is 3.25. The maximum Gasteiger partial charge on any atom is 0.326 e. The molecule has 2 amide bonds. The topological polar surface area (TPSA) is 133 Å². The van der Waals surface area contributed by atoms with E-state index in [9.17, 15) is 19.5 Å². The predicted octanol–water partition coefficient (Wildman–Crippen LogP) is 1.14. The van der Waals surface area contributed by atoms with E-state index >= 15 is 0 Å². The quantitative estimate of drug-likeness (QED) is 0.496. The van der Waals surface area contributed by atoms with Crippen LogP contribution in [0.15, 0.2) is 53.8 Å². The molecule has 3 rings (SSSR count). The van der Waals surface area contributed by atoms with Crippen molar-refractivity contribution in [3.63, 3.8) is 0 Å². The van der Waals surface area contributed by atoms with Gasteiger partial charge in [-0.1, -0.05) is 23.9 Å². The lowest BCUT2D eigenvalue weighted by Crippen LogP contribution is -2.46. The number of aliphatic imine (C=N–C) groups is 1. The first kappa shape index (κ1) is 21.3. The van der Waals surface area contributed by atoms with Gasteiger partial charge in [-0.15, -0.1) is 0 Å². The summed E-state index contributed by atoms with van der Waals surface area (Å²) in [5.41, 5.74) is 1.78. The van der Waals surface area contributed by atoms with Crippen molar-refractivity contribution in [2.24, 2.45) is 4.99 Å². The molecule has 1 aromatic carbocycles. The number of aromatic nitrogens is 1. The van der Waals surface area contributed by atoms with E-state index in [1.54, 1.807) is 54.5 Å². The van der Waals surface area contributed by atoms with Crippen LogP contribution in [0.4, 0.5) is 5.69 Å². The zero-order valence-electron chi connectivity index (χ0n) is 16.0. The average molecular weight is 427 g/mol. The highest BCUT2D eigenvalue weighted by molar-refractivity contribution is 8.14. The van der Waals surface area contributed by atoms with Crippen molar-refractivity contribution < 1.29 is 19.5 Å². The Bertz CT molecular complexity index is 951. The number of carbonyl (C=O) groups excluding carboxylic acids is 2. The van der Waals surface area contributed by atoms with Crippen LogP contribution in [-0.4, -0.2) is 57.9 Å². The molecule has 0 bridgehead atoms. The first-order chi connectivity index (χ1) is 14.5. The third-order valence-electron chi connectivity index (χ3n) is 4.17. The van der Waals surface area contributed by atoms with Gasteiger partial charge in [-0.25, -0.2) is 4.79 Å². The van der Waals surface area contributed by atoms with Gasteiger partial charge in [-0.05, 0) is 29.8 Å². The molecule has 0 saturated carbocycles. The van der Waals surface area contributed by atoms with E-state index in [2.05, 4.69) is 25.9 Å². The maximum absolute atomic E-state index is 12.4. The molecule has 0 aliphatic carbocycles. The normalized spacial score (nSPS) is 13.8. The van der Waals surface area contributed by atoms with E-state index in [-0.39, 0.29) is 13.0 Å². The van der Waals surface area contributed by atoms with Gasteiger partial charge in [0, 0.05) is 35.8 Å². The third-order valence-corrected chi connectivity index (χ3v) is 5.06. The molecule has 2 heterocycles. The number of hydrogen-bond acceptors (Lipinski definition) is 7. The highest BCUT2D eigenvalue weighted by Gasteiger charge is 2.21. The predicted molar refractivity (Wildman–Crippen MR) is 115 cm³/mol. The van der Waals surface area contributed by atoms with Crippen molar-refractivity contribution in [2.45, 2.75) is 12.5 Å². The van der Waals surface area contributed by atoms with Gasteiger partial charge >= 0.3 is 5.97 Å². The number of thioether (sulfide) groups is 1. The van der Waals surface area contributed by atoms with Crippen LogP contribution in [0.3, 0.4) is 0 Å². The number of pyridine rings is 1. The standard InChI is InChI=1S/C20H21N5O4S/c26-17(25-16(19(28)29)9-13-3-2-6-21-11-13)12-23-18(27)14-4-1-5-15(10-14)24-20-22-7-8-30-20/h1-6,10-11,16H,7-9,12H2,(H,22,24)(H,23,27)(H,25,26)(H,28,29). The van der Waals surface area contributed by atoms with Gasteiger partial charge in [0.15, 0.2) is 5.17 Å². The lowest BCUT2D eigenvalue weighted by molar-refractivity contribution is -0.141. The van der Waals surface area contributed by atoms with Crippen molar-refractivity contribution in [3.8, 4) is 0 Å². The number of benzene rings is 1. The Kier molecular flexibility index (Phi) is 7.39. The number of amides is 2. The smallest absolute Gasteiger partial charge is 0.326 e. The molecule has 1 unspecified atom stereocenters. The number of nitrogens with zero attached hydrogens (tertiary/aromatic N) is 2. The van der Waals surface area contributed by atoms with Gasteiger partial charge < -0.3 is 21.1 Å². The van der Waals surface area contributed by atoms with E-state index < -0.39 is 23.8 Å². The molecule has 156 valence electrons. The SMILES string of the molecule is O=C(CNC(=O)c1cccc(NC2=NCCS2)c1)NC(Cc1cccnc1)C(=O)O. The molecule has 1 atom stereocenters. The first-order valence-corrected chi connectivity index (χ1v) is 10.2. The van der Waals surface area contributed by atoms with Crippen molar-refractivity contribution in [1.82, 2.24) is 15.6 Å². The summed E-state index contributed by atoms with van der Waals surface area (Å²) in [4.78, 5) is 44.2. The Morgan fingerprint density at radius 1 is 1.20 bits per heavy atom. The summed E-state index contributed by atoms with van der Waals surface area (Å²) >= 11 is 1.61. The second-order valence-electron chi connectivity index (χ2n) is 6.45. The number of carboxylic acids is 1. The number of hydrogen-bond donors (Lipinski definition) is 4. The summed E-state index contributed by atoms with van der Waals surface area (Å²) < 4.78 is 0. The Balaban J connectivity index is 1.52. The molecule has 1 aromatic heterocycles. The summed E-state index contributed by atoms with van der Waals surface area (Å²) in [5.74, 6) is -1.26. The number of rotatable bonds is 8. The van der Waals surface area contributed by atoms with Crippen molar-refractivity contribution in [2.75, 3.05) is 24.2 Å². The molecule has 1 aliphatic rings. The molecule has 10 heteroatoms. The van der Waals surface area contributed by atoms with Crippen LogP contribution in [0, 0.1) is 0 Å². The minimum atomic E-state index is -1.16. The summed E-state index contributed by atoms with van der Waals surface area (Å²) in [6, 6.07) is 9.15. The van der Waals surface area contributed by atoms with E-state index in [0.717, 1.165) is 23.2 Å². The van der Waals surface area contributed by atoms with E-state index in [4.69, 9.17) is 0 Å². The fraction of sp³-hybridized carbons (Fsp3) is 0.250. The van der Waals surface area contributed by atoms with Gasteiger partial charge in [-0.3, -0.25) is 19.6 Å². The van der Waals surface area contributed by atoms with Crippen molar-refractivity contribution >= 4 is 40.4 Å². The van der Waals surface area contributed by atoms with Crippen LogP contribution in [0.5, 0.6) is 0 Å². The van der Waals surface area contributed by atoms with Crippen LogP contribution in [0.2, 0.25) is 0 Å². The lowest BCUT2D eigenvalue weighted by atomic mass is 10.1. The highest BCUT2D eigenvalue weighted by Crippen LogP contribution is 2.17. The molecule has 4 N–H and O–H groups in total. The molecule has 0 spiro atoms. The molecule has 0 saturated heterocycles. The van der Waals surface area contributed by atoms with Crippen molar-refractivity contribution in [1.29, 1.82) is 0 Å². The Morgan fingerprint density at radius 2 is 2.07 bits per heavy atom. The number of aliphatic carboxylic acids is 1. The molecule has 0 fully saturated rings. The van der Waals surface area contributed by atoms with Crippen LogP contribution in [-0.2, 0) is 16.0 Å². The number of amidine groups is 1. The summed E-state index contributed by atoms with van der Waals surface area (Å²) in [7, 11) is 0. The number of carbonyl (C=O) groups is 3. The van der Waals surface area contributed by atoms with E-state index in [1.807, 2.05) is 6.07 Å². The largest absolute Gasteiger partial charge is 0.480 e. The minimum Gasteiger partial charge on any atom is -0.480 e. The first-order valence-electron chi connectivity index (χ1n) is 9.25. The maximum atomic E-state index is 12.4. The van der Waals surface area contributed by atoms with Gasteiger partial charge in [-0.2, -0.15) is 0 Å². The Hall–Kier alpha value is -3.40. The summed E-state index contributed by atoms with van der Waals surface area (Å²) in [6.07, 6.45) is 3.22. The fourth-order valence-electron chi connectivity index (χ4n) is 2.74. The fourth-order valence-corrected chi connectivity index (χ4v) is 3.48. The van der Waals surface area contributed by atoms with Crippen molar-refractivity contribution in [3.05, 3.63) is 59.9 Å². The highest BCUT2D eigenvalue weighted by atomic mass is 32.2. The molecule has 30 heavy (non-hydrogen) atoms. The molecule has 2 aromatic rings. The van der Waals surface area contributed by atoms with E-state index in [0.29, 0.717) is 11.1 Å². The van der Waals surface area contributed by atoms with E-state index in [1.165, 1.54) is 0 Å². The van der Waals surface area contributed by atoms with Crippen LogP contribution in [0.1, 0.15) is 15.9 Å². The Morgan fingerprint density at radius 3 is 2.77 bits per heavy atom. The number of nitrogens with one attached hydrogen (secondary N) is 3. The number of anilines is 1. The molecule has 9 nitrogen and oxygen atoms in total. The summed E-state index contributed by atoms with van der Waals surface area (Å²) in [5, 5.41) is 18.2. The van der Waals surface area contributed by atoms with Crippen LogP contribution >= 0.6 is 11.8 Å². The molecule has 0 radical (unpaired) electrons. The van der Waals surface area contributed by atoms with Gasteiger partial charge in [0.25, 0.3) is 5.91 Å². The second-order valence-corrected chi connectivity index (χ2v) is 7.53. The number of carboxylic acid groups (broad SMARTS) is 1. The zero-order chi connectivity index (χ0) is 21.3. The monoisotopic (exact) mass is 427 g/mol. The second kappa shape index (κ2) is 10.4. The van der Waals surface area contributed by atoms with Gasteiger partial charge in [0.05, 0.1) is 13.1 Å². The lowest BCUT2D eigenvalue weighted by Gasteiger charge is -2.15. The van der Waals surface area contributed by atoms with Gasteiger partial charge in [0.2, 0.25) is 5.91 Å². The van der Waals surface area contributed by atoms with Crippen LogP contribution < -0.4 is 16.0 Å². The molecular weight excluding hydrogens is 406 g/mol.